The number of phenolic OH excluding ortho intramolecular Hbond substituents is 1. The molecule has 0 aliphatic heterocycles. The van der Waals surface area contributed by atoms with E-state index in [9.17, 15) is 5.11 Å². The van der Waals surface area contributed by atoms with Crippen molar-refractivity contribution >= 4 is 26.8 Å². The molecule has 28 heavy (non-hydrogen) atoms. The molecule has 0 saturated carbocycles. The maximum absolute atomic E-state index is 10.5. The third-order valence-corrected chi connectivity index (χ3v) is 4.86. The molecule has 4 aromatic rings. The van der Waals surface area contributed by atoms with Gasteiger partial charge in [-0.1, -0.05) is 34.1 Å². The lowest BCUT2D eigenvalue weighted by atomic mass is 10.1. The number of aryl methyl sites for hydroxylation is 1. The smallest absolute Gasteiger partial charge is 0.230 e. The Balaban J connectivity index is 1.89. The van der Waals surface area contributed by atoms with E-state index in [1.165, 1.54) is 7.11 Å². The number of benzene rings is 3. The monoisotopic (exact) mass is 436 g/mol. The quantitative estimate of drug-likeness (QED) is 0.432. The molecule has 0 unspecified atom stereocenters. The van der Waals surface area contributed by atoms with Crippen LogP contribution in [0.15, 0.2) is 65.1 Å². The van der Waals surface area contributed by atoms with Crippen molar-refractivity contribution in [2.24, 2.45) is 0 Å². The second-order valence-electron chi connectivity index (χ2n) is 6.24. The summed E-state index contributed by atoms with van der Waals surface area (Å²) >= 11 is 3.46. The third-order valence-electron chi connectivity index (χ3n) is 4.37. The summed E-state index contributed by atoms with van der Waals surface area (Å²) in [6, 6.07) is 18.6. The van der Waals surface area contributed by atoms with Crippen molar-refractivity contribution in [3.05, 3.63) is 70.7 Å². The highest BCUT2D eigenvalue weighted by Crippen LogP contribution is 2.38. The molecule has 1 aromatic heterocycles. The molecule has 140 valence electrons. The summed E-state index contributed by atoms with van der Waals surface area (Å²) in [7, 11) is 1.50. The molecule has 0 amide bonds. The number of nitrogens with zero attached hydrogens (tertiary/aromatic N) is 2. The first-order valence-corrected chi connectivity index (χ1v) is 9.43. The van der Waals surface area contributed by atoms with Gasteiger partial charge in [0.2, 0.25) is 5.88 Å². The molecule has 0 fully saturated rings. The minimum Gasteiger partial charge on any atom is -0.504 e. The lowest BCUT2D eigenvalue weighted by Crippen LogP contribution is -1.97. The predicted octanol–water partition coefficient (Wildman–Crippen LogP) is 5.87. The summed E-state index contributed by atoms with van der Waals surface area (Å²) in [4.78, 5) is 9.21. The van der Waals surface area contributed by atoms with E-state index >= 15 is 0 Å². The van der Waals surface area contributed by atoms with Crippen molar-refractivity contribution in [2.45, 2.75) is 6.92 Å². The molecule has 1 heterocycles. The summed E-state index contributed by atoms with van der Waals surface area (Å²) < 4.78 is 12.3. The first-order chi connectivity index (χ1) is 13.6. The highest BCUT2D eigenvalue weighted by Gasteiger charge is 2.16. The van der Waals surface area contributed by atoms with E-state index in [4.69, 9.17) is 9.47 Å². The topological polar surface area (TPSA) is 64.5 Å². The molecule has 0 saturated heterocycles. The van der Waals surface area contributed by atoms with E-state index < -0.39 is 0 Å². The van der Waals surface area contributed by atoms with Crippen LogP contribution in [0.4, 0.5) is 0 Å². The zero-order chi connectivity index (χ0) is 19.7. The van der Waals surface area contributed by atoms with Crippen LogP contribution in [0.2, 0.25) is 0 Å². The Hall–Kier alpha value is -3.12. The fourth-order valence-electron chi connectivity index (χ4n) is 2.94. The maximum Gasteiger partial charge on any atom is 0.230 e. The van der Waals surface area contributed by atoms with Crippen LogP contribution in [0.3, 0.4) is 0 Å². The summed E-state index contributed by atoms with van der Waals surface area (Å²) in [6.07, 6.45) is 0. The normalized spacial score (nSPS) is 10.8. The number of hydrogen-bond acceptors (Lipinski definition) is 5. The number of rotatable bonds is 4. The summed E-state index contributed by atoms with van der Waals surface area (Å²) in [6.45, 7) is 1.97. The van der Waals surface area contributed by atoms with Gasteiger partial charge in [0, 0.05) is 4.47 Å². The molecule has 1 N–H and O–H groups in total. The average Bonchev–Trinajstić information content (AvgIpc) is 2.70. The minimum absolute atomic E-state index is 0.00828. The molecule has 5 nitrogen and oxygen atoms in total. The largest absolute Gasteiger partial charge is 0.504 e. The molecule has 4 rings (SSSR count). The van der Waals surface area contributed by atoms with Crippen LogP contribution in [0.25, 0.3) is 22.3 Å². The number of phenols is 1. The fourth-order valence-corrected chi connectivity index (χ4v) is 3.42. The molecule has 0 aliphatic carbocycles. The number of aromatic hydroxyl groups is 1. The Bertz CT molecular complexity index is 1180. The number of para-hydroxylation sites is 2. The van der Waals surface area contributed by atoms with Crippen LogP contribution in [0.1, 0.15) is 5.56 Å². The molecule has 0 radical (unpaired) electrons. The fraction of sp³-hybridized carbons (Fsp3) is 0.0909. The van der Waals surface area contributed by atoms with Crippen LogP contribution in [0.5, 0.6) is 23.1 Å². The molecule has 0 atom stereocenters. The Labute approximate surface area is 170 Å². The Morgan fingerprint density at radius 1 is 0.929 bits per heavy atom. The highest BCUT2D eigenvalue weighted by molar-refractivity contribution is 9.10. The molecular formula is C22H17BrN2O3. The van der Waals surface area contributed by atoms with Gasteiger partial charge < -0.3 is 14.6 Å². The number of fused-ring (bicyclic) bond motifs is 1. The molecule has 0 bridgehead atoms. The highest BCUT2D eigenvalue weighted by atomic mass is 79.9. The first kappa shape index (κ1) is 18.3. The minimum atomic E-state index is -0.00828. The number of methoxy groups -OCH3 is 1. The Morgan fingerprint density at radius 2 is 1.75 bits per heavy atom. The number of hydrogen-bond donors (Lipinski definition) is 1. The van der Waals surface area contributed by atoms with Gasteiger partial charge in [0.05, 0.1) is 23.6 Å². The molecule has 3 aromatic carbocycles. The zero-order valence-corrected chi connectivity index (χ0v) is 16.9. The molecule has 6 heteroatoms. The predicted molar refractivity (Wildman–Crippen MR) is 112 cm³/mol. The zero-order valence-electron chi connectivity index (χ0n) is 15.3. The van der Waals surface area contributed by atoms with Gasteiger partial charge in [0.15, 0.2) is 17.3 Å². The van der Waals surface area contributed by atoms with Crippen molar-refractivity contribution < 1.29 is 14.6 Å². The van der Waals surface area contributed by atoms with E-state index in [1.807, 2.05) is 49.4 Å². The van der Waals surface area contributed by atoms with Crippen LogP contribution in [-0.4, -0.2) is 22.2 Å². The Morgan fingerprint density at radius 3 is 2.54 bits per heavy atom. The number of ether oxygens (including phenoxy) is 2. The second-order valence-corrected chi connectivity index (χ2v) is 7.15. The van der Waals surface area contributed by atoms with Gasteiger partial charge in [-0.3, -0.25) is 0 Å². The van der Waals surface area contributed by atoms with Gasteiger partial charge in [-0.25, -0.2) is 4.98 Å². The van der Waals surface area contributed by atoms with Crippen molar-refractivity contribution in [1.29, 1.82) is 0 Å². The van der Waals surface area contributed by atoms with Gasteiger partial charge in [-0.15, -0.1) is 0 Å². The summed E-state index contributed by atoms with van der Waals surface area (Å²) in [5.74, 6) is 1.84. The summed E-state index contributed by atoms with van der Waals surface area (Å²) in [5.41, 5.74) is 2.17. The molecular weight excluding hydrogens is 420 g/mol. The maximum atomic E-state index is 10.5. The van der Waals surface area contributed by atoms with E-state index in [1.54, 1.807) is 18.2 Å². The van der Waals surface area contributed by atoms with E-state index in [-0.39, 0.29) is 5.75 Å². The second kappa shape index (κ2) is 7.48. The lowest BCUT2D eigenvalue weighted by molar-refractivity contribution is 0.374. The van der Waals surface area contributed by atoms with Crippen molar-refractivity contribution in [2.75, 3.05) is 7.11 Å². The van der Waals surface area contributed by atoms with E-state index in [2.05, 4.69) is 25.9 Å². The van der Waals surface area contributed by atoms with Gasteiger partial charge >= 0.3 is 0 Å². The number of halogens is 1. The molecule has 0 aliphatic rings. The van der Waals surface area contributed by atoms with Gasteiger partial charge in [0.25, 0.3) is 0 Å². The van der Waals surface area contributed by atoms with Gasteiger partial charge in [-0.05, 0) is 55.0 Å². The molecule has 0 spiro atoms. The SMILES string of the molecule is COc1cccc(-c2nc(Oc3ccc(Br)cc3C)c3ccccc3n2)c1O. The van der Waals surface area contributed by atoms with Gasteiger partial charge in [-0.2, -0.15) is 4.98 Å². The number of aromatic nitrogens is 2. The van der Waals surface area contributed by atoms with E-state index in [0.717, 1.165) is 20.9 Å². The van der Waals surface area contributed by atoms with Gasteiger partial charge in [0.1, 0.15) is 5.75 Å². The Kier molecular flexibility index (Phi) is 4.88. The van der Waals surface area contributed by atoms with Crippen molar-refractivity contribution in [3.8, 4) is 34.5 Å². The van der Waals surface area contributed by atoms with Crippen molar-refractivity contribution in [1.82, 2.24) is 9.97 Å². The first-order valence-electron chi connectivity index (χ1n) is 8.64. The van der Waals surface area contributed by atoms with Crippen LogP contribution in [0, 0.1) is 6.92 Å². The van der Waals surface area contributed by atoms with Crippen LogP contribution in [-0.2, 0) is 0 Å². The van der Waals surface area contributed by atoms with Crippen molar-refractivity contribution in [3.63, 3.8) is 0 Å². The standard InChI is InChI=1S/C22H17BrN2O3/c1-13-12-14(23)10-11-18(13)28-22-15-6-3-4-8-17(15)24-21(25-22)16-7-5-9-19(27-2)20(16)26/h3-12,26H,1-2H3. The van der Waals surface area contributed by atoms with Crippen LogP contribution < -0.4 is 9.47 Å². The average molecular weight is 437 g/mol. The van der Waals surface area contributed by atoms with E-state index in [0.29, 0.717) is 28.8 Å². The van der Waals surface area contributed by atoms with Crippen LogP contribution >= 0.6 is 15.9 Å². The lowest BCUT2D eigenvalue weighted by Gasteiger charge is -2.13. The third kappa shape index (κ3) is 3.39. The summed E-state index contributed by atoms with van der Waals surface area (Å²) in [5, 5.41) is 11.3.